The number of carbonyl (C=O) groups excluding carboxylic acids is 1. The van der Waals surface area contributed by atoms with Gasteiger partial charge in [0.2, 0.25) is 0 Å². The number of para-hydroxylation sites is 1. The summed E-state index contributed by atoms with van der Waals surface area (Å²) in [6, 6.07) is 17.5. The molecule has 2 amide bonds. The van der Waals surface area contributed by atoms with E-state index in [1.807, 2.05) is 81.8 Å². The van der Waals surface area contributed by atoms with Gasteiger partial charge < -0.3 is 25.6 Å². The van der Waals surface area contributed by atoms with E-state index in [-0.39, 0.29) is 6.03 Å². The van der Waals surface area contributed by atoms with Gasteiger partial charge in [-0.3, -0.25) is 0 Å². The molecule has 2 aromatic heterocycles. The van der Waals surface area contributed by atoms with Crippen LogP contribution in [0.2, 0.25) is 0 Å². The third-order valence-corrected chi connectivity index (χ3v) is 6.39. The number of aryl methyl sites for hydroxylation is 1. The summed E-state index contributed by atoms with van der Waals surface area (Å²) in [7, 11) is 3.89. The maximum Gasteiger partial charge on any atom is 0.319 e. The highest BCUT2D eigenvalue weighted by Crippen LogP contribution is 2.39. The zero-order valence-corrected chi connectivity index (χ0v) is 21.5. The van der Waals surface area contributed by atoms with Gasteiger partial charge in [-0.2, -0.15) is 5.10 Å². The van der Waals surface area contributed by atoms with Gasteiger partial charge in [-0.05, 0) is 49.2 Å². The number of nitrogens with zero attached hydrogens (tertiary/aromatic N) is 3. The van der Waals surface area contributed by atoms with Gasteiger partial charge in [0.05, 0.1) is 35.0 Å². The number of nitrogens with one attached hydrogen (secondary N) is 3. The summed E-state index contributed by atoms with van der Waals surface area (Å²) in [5, 5.41) is 13.8. The van der Waals surface area contributed by atoms with Gasteiger partial charge in [0.15, 0.2) is 0 Å². The fourth-order valence-corrected chi connectivity index (χ4v) is 3.99. The normalized spacial score (nSPS) is 11.7. The van der Waals surface area contributed by atoms with Crippen LogP contribution in [0, 0.1) is 12.8 Å². The monoisotopic (exact) mass is 486 g/mol. The summed E-state index contributed by atoms with van der Waals surface area (Å²) in [6.45, 7) is 6.86. The number of carbonyl (C=O) groups is 1. The molecule has 0 spiro atoms. The van der Waals surface area contributed by atoms with Crippen LogP contribution in [-0.4, -0.2) is 36.3 Å². The highest BCUT2D eigenvalue weighted by Gasteiger charge is 2.20. The minimum absolute atomic E-state index is 0.216. The molecule has 0 aliphatic rings. The second-order valence-electron chi connectivity index (χ2n) is 8.93. The lowest BCUT2D eigenvalue weighted by Crippen LogP contribution is -2.32. The Morgan fingerprint density at radius 3 is 2.44 bits per heavy atom. The van der Waals surface area contributed by atoms with Crippen LogP contribution in [0.25, 0.3) is 5.52 Å². The summed E-state index contributed by atoms with van der Waals surface area (Å²) < 4.78 is 7.75. The molecule has 4 rings (SSSR count). The smallest absolute Gasteiger partial charge is 0.319 e. The molecule has 36 heavy (non-hydrogen) atoms. The van der Waals surface area contributed by atoms with E-state index in [0.29, 0.717) is 12.5 Å². The molecule has 0 radical (unpaired) electrons. The van der Waals surface area contributed by atoms with Crippen molar-refractivity contribution in [2.45, 2.75) is 27.2 Å². The van der Waals surface area contributed by atoms with Crippen molar-refractivity contribution in [1.29, 1.82) is 0 Å². The lowest BCUT2D eigenvalue weighted by molar-refractivity contribution is 0.250. The van der Waals surface area contributed by atoms with Crippen LogP contribution in [0.15, 0.2) is 67.0 Å². The van der Waals surface area contributed by atoms with Crippen molar-refractivity contribution in [3.63, 3.8) is 0 Å². The van der Waals surface area contributed by atoms with E-state index in [1.54, 1.807) is 10.7 Å². The fourth-order valence-electron chi connectivity index (χ4n) is 3.99. The largest absolute Gasteiger partial charge is 0.457 e. The Morgan fingerprint density at radius 1 is 1.08 bits per heavy atom. The molecule has 4 aromatic rings. The van der Waals surface area contributed by atoms with Crippen molar-refractivity contribution < 1.29 is 9.53 Å². The Morgan fingerprint density at radius 2 is 1.78 bits per heavy atom. The van der Waals surface area contributed by atoms with E-state index in [9.17, 15) is 4.79 Å². The third kappa shape index (κ3) is 5.38. The first-order valence-electron chi connectivity index (χ1n) is 12.2. The first kappa shape index (κ1) is 24.9. The summed E-state index contributed by atoms with van der Waals surface area (Å²) in [4.78, 5) is 14.6. The van der Waals surface area contributed by atoms with Crippen LogP contribution >= 0.6 is 0 Å². The first-order valence-corrected chi connectivity index (χ1v) is 12.2. The van der Waals surface area contributed by atoms with E-state index in [0.717, 1.165) is 51.7 Å². The van der Waals surface area contributed by atoms with Crippen molar-refractivity contribution in [2.24, 2.45) is 5.92 Å². The van der Waals surface area contributed by atoms with Crippen molar-refractivity contribution in [3.05, 3.63) is 72.6 Å². The summed E-state index contributed by atoms with van der Waals surface area (Å²) in [6.07, 6.45) is 4.65. The fraction of sp³-hybridized carbons (Fsp3) is 0.286. The molecule has 8 heteroatoms. The molecular weight excluding hydrogens is 452 g/mol. The number of fused-ring (bicyclic) bond motifs is 1. The molecule has 0 aliphatic heterocycles. The number of rotatable bonds is 9. The van der Waals surface area contributed by atoms with E-state index in [4.69, 9.17) is 4.74 Å². The number of anilines is 4. The minimum atomic E-state index is -0.216. The topological polar surface area (TPSA) is 82.9 Å². The van der Waals surface area contributed by atoms with Crippen molar-refractivity contribution in [3.8, 4) is 11.5 Å². The molecule has 1 atom stereocenters. The van der Waals surface area contributed by atoms with Crippen LogP contribution < -0.4 is 25.6 Å². The molecule has 0 aliphatic carbocycles. The lowest BCUT2D eigenvalue weighted by atomic mass is 10.1. The van der Waals surface area contributed by atoms with Crippen molar-refractivity contribution in [2.75, 3.05) is 36.2 Å². The molecule has 0 bridgehead atoms. The molecule has 2 heterocycles. The Labute approximate surface area is 212 Å². The lowest BCUT2D eigenvalue weighted by Gasteiger charge is -2.24. The van der Waals surface area contributed by atoms with Crippen LogP contribution in [0.3, 0.4) is 0 Å². The second kappa shape index (κ2) is 11.0. The molecule has 3 N–H and O–H groups in total. The summed E-state index contributed by atoms with van der Waals surface area (Å²) in [5.41, 5.74) is 5.38. The third-order valence-electron chi connectivity index (χ3n) is 6.39. The Bertz CT molecular complexity index is 1320. The van der Waals surface area contributed by atoms with Crippen LogP contribution in [0.1, 0.15) is 25.8 Å². The van der Waals surface area contributed by atoms with Gasteiger partial charge in [-0.1, -0.05) is 38.5 Å². The number of hydrogen-bond donors (Lipinski definition) is 3. The number of benzene rings is 2. The average molecular weight is 487 g/mol. The van der Waals surface area contributed by atoms with E-state index >= 15 is 0 Å². The van der Waals surface area contributed by atoms with Crippen molar-refractivity contribution >= 4 is 34.3 Å². The Kier molecular flexibility index (Phi) is 7.63. The zero-order chi connectivity index (χ0) is 25.7. The molecular formula is C28H34N6O2. The number of aromatic nitrogens is 2. The van der Waals surface area contributed by atoms with Crippen molar-refractivity contribution in [1.82, 2.24) is 14.9 Å². The van der Waals surface area contributed by atoms with Gasteiger partial charge in [-0.15, -0.1) is 0 Å². The molecule has 188 valence electrons. The minimum Gasteiger partial charge on any atom is -0.457 e. The Balaban J connectivity index is 1.62. The molecule has 0 fully saturated rings. The maximum atomic E-state index is 12.5. The number of amides is 2. The first-order chi connectivity index (χ1) is 17.4. The van der Waals surface area contributed by atoms with Gasteiger partial charge in [0, 0.05) is 31.9 Å². The second-order valence-corrected chi connectivity index (χ2v) is 8.93. The number of urea groups is 1. The maximum absolute atomic E-state index is 12.5. The van der Waals surface area contributed by atoms with Crippen LogP contribution in [-0.2, 0) is 0 Å². The average Bonchev–Trinajstić information content (AvgIpc) is 3.22. The molecule has 1 unspecified atom stereocenters. The molecule has 8 nitrogen and oxygen atoms in total. The summed E-state index contributed by atoms with van der Waals surface area (Å²) >= 11 is 0. The van der Waals surface area contributed by atoms with E-state index in [1.165, 1.54) is 0 Å². The standard InChI is InChI=1S/C28H34N6O2/c1-6-19(2)16-30-28(35)32-25-18-34-26(20(25)3)27(24(29-4)17-31-34)33(5)21-12-14-23(15-13-21)36-22-10-8-7-9-11-22/h7-15,17-19,29H,6,16H2,1-5H3,(H2,30,32,35). The van der Waals surface area contributed by atoms with Crippen LogP contribution in [0.4, 0.5) is 27.5 Å². The SMILES string of the molecule is CCC(C)CNC(=O)Nc1cn2ncc(NC)c(N(C)c3ccc(Oc4ccccc4)cc3)c2c1C. The van der Waals surface area contributed by atoms with Crippen LogP contribution in [0.5, 0.6) is 11.5 Å². The predicted molar refractivity (Wildman–Crippen MR) is 147 cm³/mol. The molecule has 0 saturated heterocycles. The highest BCUT2D eigenvalue weighted by molar-refractivity contribution is 5.97. The quantitative estimate of drug-likeness (QED) is 0.255. The van der Waals surface area contributed by atoms with Gasteiger partial charge in [0.25, 0.3) is 0 Å². The number of hydrogen-bond acceptors (Lipinski definition) is 5. The van der Waals surface area contributed by atoms with Gasteiger partial charge >= 0.3 is 6.03 Å². The highest BCUT2D eigenvalue weighted by atomic mass is 16.5. The predicted octanol–water partition coefficient (Wildman–Crippen LogP) is 6.41. The summed E-state index contributed by atoms with van der Waals surface area (Å²) in [5.74, 6) is 1.99. The van der Waals surface area contributed by atoms with E-state index < -0.39 is 0 Å². The van der Waals surface area contributed by atoms with Gasteiger partial charge in [-0.25, -0.2) is 9.31 Å². The zero-order valence-electron chi connectivity index (χ0n) is 21.5. The number of ether oxygens (including phenoxy) is 1. The molecule has 0 saturated carbocycles. The molecule has 2 aromatic carbocycles. The Hall–Kier alpha value is -4.20. The van der Waals surface area contributed by atoms with E-state index in [2.05, 4.69) is 39.8 Å². The van der Waals surface area contributed by atoms with Gasteiger partial charge in [0.1, 0.15) is 11.5 Å².